The Labute approximate surface area is 313 Å². The molecule has 9 heteroatoms. The lowest BCUT2D eigenvalue weighted by atomic mass is 10.0. The van der Waals surface area contributed by atoms with Gasteiger partial charge in [0.25, 0.3) is 0 Å². The molecule has 0 fully saturated rings. The molecule has 1 amide bonds. The highest BCUT2D eigenvalue weighted by molar-refractivity contribution is 7.47. The van der Waals surface area contributed by atoms with Gasteiger partial charge >= 0.3 is 7.82 Å². The molecule has 0 aromatic rings. The molecular weight excluding hydrogens is 659 g/mol. The van der Waals surface area contributed by atoms with Crippen LogP contribution in [0, 0.1) is 0 Å². The Balaban J connectivity index is 4.31. The highest BCUT2D eigenvalue weighted by atomic mass is 31.2. The summed E-state index contributed by atoms with van der Waals surface area (Å²) in [6, 6.07) is -0.884. The third-order valence-electron chi connectivity index (χ3n) is 8.86. The SMILES string of the molecule is CCC/C=C\C/C=C\CCCCCCCC(=O)NC(COP(=O)(O)OCCN)C(O)/C=C/CC/C=C/CCCCCCCCCCCCCCC. The predicted octanol–water partition coefficient (Wildman–Crippen LogP) is 11.3. The van der Waals surface area contributed by atoms with Crippen LogP contribution >= 0.6 is 7.82 Å². The normalized spacial score (nSPS) is 14.7. The minimum atomic E-state index is -4.35. The maximum atomic E-state index is 12.7. The maximum Gasteiger partial charge on any atom is 0.472 e. The molecule has 0 bridgehead atoms. The van der Waals surface area contributed by atoms with Gasteiger partial charge in [0, 0.05) is 13.0 Å². The standard InChI is InChI=1S/C42H79N2O6P/c1-3-5-7-9-11-13-15-17-18-19-20-21-22-24-25-27-29-31-33-35-41(45)40(39-50-51(47,48)49-38-37-43)44-42(46)36-34-32-30-28-26-23-16-14-12-10-8-6-4-2/h8,10,14,16,25,27,33,35,40-41,45H,3-7,9,11-13,15,17-24,26,28-32,34,36-39,43H2,1-2H3,(H,44,46)(H,47,48)/b10-8-,16-14-,27-25+,35-33+. The Morgan fingerprint density at radius 3 is 1.71 bits per heavy atom. The van der Waals surface area contributed by atoms with Gasteiger partial charge < -0.3 is 21.1 Å². The van der Waals surface area contributed by atoms with E-state index in [2.05, 4.69) is 55.6 Å². The van der Waals surface area contributed by atoms with Gasteiger partial charge in [-0.3, -0.25) is 13.8 Å². The molecule has 3 atom stereocenters. The molecular formula is C42H79N2O6P. The highest BCUT2D eigenvalue weighted by Gasteiger charge is 2.26. The van der Waals surface area contributed by atoms with Gasteiger partial charge in [0.05, 0.1) is 25.4 Å². The molecule has 0 rings (SSSR count). The number of unbranched alkanes of at least 4 members (excludes halogenated alkanes) is 20. The Morgan fingerprint density at radius 2 is 1.14 bits per heavy atom. The largest absolute Gasteiger partial charge is 0.472 e. The molecule has 0 aromatic carbocycles. The number of carbonyl (C=O) groups is 1. The minimum Gasteiger partial charge on any atom is -0.387 e. The fourth-order valence-electron chi connectivity index (χ4n) is 5.71. The number of rotatable bonds is 38. The molecule has 0 aliphatic heterocycles. The zero-order valence-electron chi connectivity index (χ0n) is 32.8. The third kappa shape index (κ3) is 36.6. The van der Waals surface area contributed by atoms with E-state index in [1.54, 1.807) is 6.08 Å². The lowest BCUT2D eigenvalue weighted by Crippen LogP contribution is -2.45. The first-order valence-corrected chi connectivity index (χ1v) is 22.3. The lowest BCUT2D eigenvalue weighted by molar-refractivity contribution is -0.123. The number of aliphatic hydroxyl groups excluding tert-OH is 1. The van der Waals surface area contributed by atoms with E-state index >= 15 is 0 Å². The molecule has 0 radical (unpaired) electrons. The van der Waals surface area contributed by atoms with Crippen LogP contribution in [0.25, 0.3) is 0 Å². The van der Waals surface area contributed by atoms with Gasteiger partial charge in [-0.05, 0) is 57.8 Å². The van der Waals surface area contributed by atoms with Crippen molar-refractivity contribution in [2.24, 2.45) is 5.73 Å². The first kappa shape index (κ1) is 49.5. The van der Waals surface area contributed by atoms with Crippen LogP contribution in [-0.2, 0) is 18.4 Å². The second kappa shape index (κ2) is 38.2. The van der Waals surface area contributed by atoms with E-state index < -0.39 is 20.0 Å². The van der Waals surface area contributed by atoms with E-state index in [4.69, 9.17) is 14.8 Å². The van der Waals surface area contributed by atoms with Crippen molar-refractivity contribution in [2.45, 2.75) is 193 Å². The monoisotopic (exact) mass is 739 g/mol. The molecule has 0 saturated carbocycles. The van der Waals surface area contributed by atoms with Crippen LogP contribution in [0.2, 0.25) is 0 Å². The van der Waals surface area contributed by atoms with Gasteiger partial charge in [0.1, 0.15) is 0 Å². The van der Waals surface area contributed by atoms with Crippen molar-refractivity contribution in [3.05, 3.63) is 48.6 Å². The number of allylic oxidation sites excluding steroid dienone is 7. The number of nitrogens with one attached hydrogen (secondary N) is 1. The molecule has 0 aromatic heterocycles. The summed E-state index contributed by atoms with van der Waals surface area (Å²) in [6.07, 6.45) is 45.9. The van der Waals surface area contributed by atoms with Crippen molar-refractivity contribution in [1.82, 2.24) is 5.32 Å². The number of carbonyl (C=O) groups excluding carboxylic acids is 1. The number of hydrogen-bond donors (Lipinski definition) is 4. The summed E-state index contributed by atoms with van der Waals surface area (Å²) >= 11 is 0. The Bertz CT molecular complexity index is 938. The molecule has 0 aliphatic rings. The van der Waals surface area contributed by atoms with E-state index in [1.807, 2.05) is 6.08 Å². The van der Waals surface area contributed by atoms with Crippen molar-refractivity contribution in [2.75, 3.05) is 19.8 Å². The summed E-state index contributed by atoms with van der Waals surface area (Å²) in [6.45, 7) is 4.03. The summed E-state index contributed by atoms with van der Waals surface area (Å²) in [5, 5.41) is 13.6. The van der Waals surface area contributed by atoms with Crippen LogP contribution in [0.15, 0.2) is 48.6 Å². The van der Waals surface area contributed by atoms with E-state index in [0.717, 1.165) is 70.6 Å². The van der Waals surface area contributed by atoms with E-state index in [1.165, 1.54) is 89.9 Å². The number of aliphatic hydroxyl groups is 1. The maximum absolute atomic E-state index is 12.7. The number of hydrogen-bond acceptors (Lipinski definition) is 6. The van der Waals surface area contributed by atoms with Gasteiger partial charge in [-0.1, -0.05) is 165 Å². The summed E-state index contributed by atoms with van der Waals surface area (Å²) in [4.78, 5) is 22.6. The van der Waals surface area contributed by atoms with E-state index in [0.29, 0.717) is 6.42 Å². The quantitative estimate of drug-likeness (QED) is 0.0282. The van der Waals surface area contributed by atoms with Crippen molar-refractivity contribution in [3.8, 4) is 0 Å². The Kier molecular flexibility index (Phi) is 37.0. The van der Waals surface area contributed by atoms with Gasteiger partial charge in [-0.25, -0.2) is 4.57 Å². The van der Waals surface area contributed by atoms with Gasteiger partial charge in [0.15, 0.2) is 0 Å². The minimum absolute atomic E-state index is 0.0701. The molecule has 298 valence electrons. The zero-order valence-corrected chi connectivity index (χ0v) is 33.7. The molecule has 0 aliphatic carbocycles. The highest BCUT2D eigenvalue weighted by Crippen LogP contribution is 2.43. The number of phosphoric ester groups is 1. The topological polar surface area (TPSA) is 131 Å². The van der Waals surface area contributed by atoms with Crippen LogP contribution in [0.4, 0.5) is 0 Å². The second-order valence-corrected chi connectivity index (χ2v) is 15.3. The summed E-state index contributed by atoms with van der Waals surface area (Å²) < 4.78 is 22.1. The zero-order chi connectivity index (χ0) is 37.5. The molecule has 0 spiro atoms. The van der Waals surface area contributed by atoms with Crippen LogP contribution in [0.3, 0.4) is 0 Å². The van der Waals surface area contributed by atoms with Crippen molar-refractivity contribution >= 4 is 13.7 Å². The van der Waals surface area contributed by atoms with Crippen molar-refractivity contribution in [3.63, 3.8) is 0 Å². The third-order valence-corrected chi connectivity index (χ3v) is 9.84. The fourth-order valence-corrected chi connectivity index (χ4v) is 6.47. The number of nitrogens with two attached hydrogens (primary N) is 1. The Hall–Kier alpha value is -1.54. The lowest BCUT2D eigenvalue weighted by Gasteiger charge is -2.23. The molecule has 8 nitrogen and oxygen atoms in total. The van der Waals surface area contributed by atoms with Gasteiger partial charge in [0.2, 0.25) is 5.91 Å². The summed E-state index contributed by atoms with van der Waals surface area (Å²) in [5.41, 5.74) is 5.36. The van der Waals surface area contributed by atoms with Gasteiger partial charge in [-0.15, -0.1) is 0 Å². The molecule has 5 N–H and O–H groups in total. The van der Waals surface area contributed by atoms with E-state index in [-0.39, 0.29) is 25.7 Å². The van der Waals surface area contributed by atoms with E-state index in [9.17, 15) is 19.4 Å². The fraction of sp³-hybridized carbons (Fsp3) is 0.786. The molecule has 0 heterocycles. The molecule has 3 unspecified atom stereocenters. The Morgan fingerprint density at radius 1 is 0.647 bits per heavy atom. The van der Waals surface area contributed by atoms with Crippen LogP contribution in [0.1, 0.15) is 181 Å². The predicted molar refractivity (Wildman–Crippen MR) is 217 cm³/mol. The molecule has 0 saturated heterocycles. The van der Waals surface area contributed by atoms with Crippen LogP contribution in [0.5, 0.6) is 0 Å². The van der Waals surface area contributed by atoms with Crippen molar-refractivity contribution < 1.29 is 28.4 Å². The number of phosphoric acid groups is 1. The van der Waals surface area contributed by atoms with Gasteiger partial charge in [-0.2, -0.15) is 0 Å². The summed E-state index contributed by atoms with van der Waals surface area (Å²) in [7, 11) is -4.35. The van der Waals surface area contributed by atoms with Crippen LogP contribution < -0.4 is 11.1 Å². The first-order chi connectivity index (χ1) is 24.9. The second-order valence-electron chi connectivity index (χ2n) is 13.8. The average molecular weight is 739 g/mol. The molecule has 51 heavy (non-hydrogen) atoms. The van der Waals surface area contributed by atoms with Crippen molar-refractivity contribution in [1.29, 1.82) is 0 Å². The summed E-state index contributed by atoms with van der Waals surface area (Å²) in [5.74, 6) is -0.221. The smallest absolute Gasteiger partial charge is 0.387 e. The van der Waals surface area contributed by atoms with Crippen LogP contribution in [-0.4, -0.2) is 47.8 Å². The number of amides is 1. The first-order valence-electron chi connectivity index (χ1n) is 20.8. The average Bonchev–Trinajstić information content (AvgIpc) is 3.12.